The molecule has 0 amide bonds. The number of nitrogens with zero attached hydrogens (tertiary/aromatic N) is 8. The molecule has 10 aromatic rings. The summed E-state index contributed by atoms with van der Waals surface area (Å²) in [6.45, 7) is 5.77. The van der Waals surface area contributed by atoms with Gasteiger partial charge in [0.15, 0.2) is 5.69 Å². The molecule has 290 valence electrons. The zero-order valence-electron chi connectivity index (χ0n) is 31.6. The number of aryl methyl sites for hydroxylation is 3. The SMILES string of the molecule is C.Cc1cnn(-c2cc3ccc(-n4nc(C)c(-c5ccccc5)n4)cc3oc2=O)c1.Cc1nn(-c2ccc3cc(-c4ccccc4)c(=O)oc3c2)nc1-c1ccccc1. The standard InChI is InChI=1S/C24H17N3O2.C22H17N5O2.CH4/c1-16-23(18-10-6-3-7-11-18)26-27(25-16)20-13-12-19-14-21(17-8-4-2-5-9-17)24(28)29-22(19)15-20;1-14-12-23-26(13-14)19-10-17-8-9-18(11-20(17)29-22(19)28)27-24-15(2)21(25-27)16-6-4-3-5-7-16;/h2-15H,1H3;3-13H,1-2H3;1H4. The van der Waals surface area contributed by atoms with E-state index < -0.39 is 5.63 Å². The van der Waals surface area contributed by atoms with Crippen molar-refractivity contribution in [2.24, 2.45) is 0 Å². The van der Waals surface area contributed by atoms with Gasteiger partial charge in [-0.05, 0) is 68.3 Å². The summed E-state index contributed by atoms with van der Waals surface area (Å²) in [5.41, 5.74) is 9.64. The quantitative estimate of drug-likeness (QED) is 0.151. The zero-order valence-corrected chi connectivity index (χ0v) is 31.6. The van der Waals surface area contributed by atoms with Crippen molar-refractivity contribution in [1.29, 1.82) is 0 Å². The fourth-order valence-electron chi connectivity index (χ4n) is 6.67. The third-order valence-corrected chi connectivity index (χ3v) is 9.58. The lowest BCUT2D eigenvalue weighted by Gasteiger charge is -2.04. The van der Waals surface area contributed by atoms with E-state index in [0.29, 0.717) is 28.1 Å². The minimum atomic E-state index is -0.452. The lowest BCUT2D eigenvalue weighted by Crippen LogP contribution is -2.10. The third-order valence-electron chi connectivity index (χ3n) is 9.58. The second-order valence-corrected chi connectivity index (χ2v) is 13.7. The van der Waals surface area contributed by atoms with Gasteiger partial charge in [-0.25, -0.2) is 14.3 Å². The van der Waals surface area contributed by atoms with Crippen LogP contribution in [0.3, 0.4) is 0 Å². The summed E-state index contributed by atoms with van der Waals surface area (Å²) in [4.78, 5) is 28.1. The van der Waals surface area contributed by atoms with Crippen molar-refractivity contribution in [3.05, 3.63) is 190 Å². The first-order valence-corrected chi connectivity index (χ1v) is 18.5. The van der Waals surface area contributed by atoms with Gasteiger partial charge in [0.1, 0.15) is 22.6 Å². The molecule has 5 heterocycles. The van der Waals surface area contributed by atoms with E-state index in [4.69, 9.17) is 8.83 Å². The lowest BCUT2D eigenvalue weighted by atomic mass is 10.1. The van der Waals surface area contributed by atoms with Crippen LogP contribution in [0, 0.1) is 20.8 Å². The Morgan fingerprint density at radius 3 is 1.47 bits per heavy atom. The van der Waals surface area contributed by atoms with Gasteiger partial charge in [-0.15, -0.1) is 10.2 Å². The van der Waals surface area contributed by atoms with Crippen molar-refractivity contribution < 1.29 is 8.83 Å². The molecule has 59 heavy (non-hydrogen) atoms. The van der Waals surface area contributed by atoms with Gasteiger partial charge in [0.05, 0.1) is 34.5 Å². The zero-order chi connectivity index (χ0) is 39.8. The van der Waals surface area contributed by atoms with Crippen molar-refractivity contribution in [3.63, 3.8) is 0 Å². The molecule has 0 N–H and O–H groups in total. The van der Waals surface area contributed by atoms with E-state index in [1.165, 1.54) is 4.68 Å². The molecule has 0 bridgehead atoms. The maximum Gasteiger partial charge on any atom is 0.362 e. The number of fused-ring (bicyclic) bond motifs is 2. The van der Waals surface area contributed by atoms with E-state index in [2.05, 4.69) is 25.5 Å². The highest BCUT2D eigenvalue weighted by Gasteiger charge is 2.15. The van der Waals surface area contributed by atoms with Gasteiger partial charge in [-0.1, -0.05) is 98.4 Å². The van der Waals surface area contributed by atoms with Crippen LogP contribution in [0.2, 0.25) is 0 Å². The summed E-state index contributed by atoms with van der Waals surface area (Å²) in [7, 11) is 0. The number of hydrogen-bond acceptors (Lipinski definition) is 9. The predicted octanol–water partition coefficient (Wildman–Crippen LogP) is 9.50. The van der Waals surface area contributed by atoms with Crippen LogP contribution in [0.15, 0.2) is 170 Å². The Morgan fingerprint density at radius 2 is 0.983 bits per heavy atom. The Balaban J connectivity index is 0.000000161. The van der Waals surface area contributed by atoms with Crippen molar-refractivity contribution >= 4 is 21.9 Å². The van der Waals surface area contributed by atoms with Crippen LogP contribution in [0.25, 0.3) is 72.6 Å². The van der Waals surface area contributed by atoms with Gasteiger partial charge in [-0.3, -0.25) is 0 Å². The smallest absolute Gasteiger partial charge is 0.362 e. The van der Waals surface area contributed by atoms with Crippen LogP contribution in [-0.4, -0.2) is 39.8 Å². The molecule has 0 aliphatic carbocycles. The molecule has 0 spiro atoms. The van der Waals surface area contributed by atoms with Crippen LogP contribution in [-0.2, 0) is 0 Å². The van der Waals surface area contributed by atoms with Crippen LogP contribution >= 0.6 is 0 Å². The Kier molecular flexibility index (Phi) is 10.2. The molecule has 5 aromatic heterocycles. The average Bonchev–Trinajstić information content (AvgIpc) is 3.98. The van der Waals surface area contributed by atoms with E-state index in [1.807, 2.05) is 142 Å². The second-order valence-electron chi connectivity index (χ2n) is 13.7. The monoisotopic (exact) mass is 778 g/mol. The topological polar surface area (TPSA) is 140 Å². The maximum atomic E-state index is 12.5. The fourth-order valence-corrected chi connectivity index (χ4v) is 6.67. The van der Waals surface area contributed by atoms with Crippen molar-refractivity contribution in [2.75, 3.05) is 0 Å². The first-order chi connectivity index (χ1) is 28.3. The molecule has 5 aromatic carbocycles. The summed E-state index contributed by atoms with van der Waals surface area (Å²) >= 11 is 0. The minimum absolute atomic E-state index is 0. The molecular weight excluding hydrogens is 741 g/mol. The van der Waals surface area contributed by atoms with Crippen molar-refractivity contribution in [2.45, 2.75) is 28.2 Å². The Hall–Kier alpha value is -7.99. The van der Waals surface area contributed by atoms with E-state index in [1.54, 1.807) is 40.2 Å². The van der Waals surface area contributed by atoms with Gasteiger partial charge in [0.2, 0.25) is 0 Å². The average molecular weight is 779 g/mol. The van der Waals surface area contributed by atoms with Crippen molar-refractivity contribution in [1.82, 2.24) is 39.8 Å². The van der Waals surface area contributed by atoms with E-state index in [9.17, 15) is 9.59 Å². The molecule has 12 nitrogen and oxygen atoms in total. The van der Waals surface area contributed by atoms with Gasteiger partial charge < -0.3 is 8.83 Å². The summed E-state index contributed by atoms with van der Waals surface area (Å²) in [6, 6.07) is 44.2. The Morgan fingerprint density at radius 1 is 0.508 bits per heavy atom. The van der Waals surface area contributed by atoms with E-state index in [0.717, 1.165) is 61.5 Å². The van der Waals surface area contributed by atoms with Gasteiger partial charge in [-0.2, -0.15) is 24.9 Å². The molecule has 0 fully saturated rings. The second kappa shape index (κ2) is 15.9. The van der Waals surface area contributed by atoms with E-state index in [-0.39, 0.29) is 13.1 Å². The number of rotatable bonds is 6. The molecule has 0 saturated carbocycles. The molecule has 0 radical (unpaired) electrons. The fraction of sp³-hybridized carbons (Fsp3) is 0.0851. The molecule has 0 aliphatic heterocycles. The summed E-state index contributed by atoms with van der Waals surface area (Å²) in [6.07, 6.45) is 3.48. The largest absolute Gasteiger partial charge is 0.422 e. The molecule has 0 saturated heterocycles. The van der Waals surface area contributed by atoms with Crippen LogP contribution in [0.5, 0.6) is 0 Å². The summed E-state index contributed by atoms with van der Waals surface area (Å²) < 4.78 is 12.7. The molecular formula is C47H38N8O4. The predicted molar refractivity (Wildman–Crippen MR) is 229 cm³/mol. The Labute approximate surface area is 338 Å². The molecule has 12 heteroatoms. The minimum Gasteiger partial charge on any atom is -0.422 e. The van der Waals surface area contributed by atoms with Crippen LogP contribution in [0.1, 0.15) is 24.4 Å². The van der Waals surface area contributed by atoms with E-state index >= 15 is 0 Å². The maximum absolute atomic E-state index is 12.5. The highest BCUT2D eigenvalue weighted by molar-refractivity contribution is 5.83. The van der Waals surface area contributed by atoms with Gasteiger partial charge in [0, 0.05) is 40.2 Å². The van der Waals surface area contributed by atoms with Crippen molar-refractivity contribution in [3.8, 4) is 50.7 Å². The first kappa shape index (κ1) is 37.9. The lowest BCUT2D eigenvalue weighted by molar-refractivity contribution is 0.551. The normalized spacial score (nSPS) is 11.0. The highest BCUT2D eigenvalue weighted by Crippen LogP contribution is 2.26. The Bertz CT molecular complexity index is 3200. The van der Waals surface area contributed by atoms with Gasteiger partial charge >= 0.3 is 11.3 Å². The molecule has 0 atom stereocenters. The summed E-state index contributed by atoms with van der Waals surface area (Å²) in [5.74, 6) is 0. The number of aromatic nitrogens is 8. The first-order valence-electron chi connectivity index (χ1n) is 18.5. The summed E-state index contributed by atoms with van der Waals surface area (Å²) in [5, 5.41) is 24.1. The number of benzene rings is 5. The molecule has 10 rings (SSSR count). The van der Waals surface area contributed by atoms with Crippen LogP contribution < -0.4 is 11.3 Å². The molecule has 0 aliphatic rings. The highest BCUT2D eigenvalue weighted by atomic mass is 16.4. The van der Waals surface area contributed by atoms with Crippen LogP contribution in [0.4, 0.5) is 0 Å². The van der Waals surface area contributed by atoms with Gasteiger partial charge in [0.25, 0.3) is 0 Å². The third kappa shape index (κ3) is 7.62. The number of hydrogen-bond donors (Lipinski definition) is 0. The molecule has 0 unspecified atom stereocenters.